The smallest absolute Gasteiger partial charge is 0.328 e. The molecule has 1 N–H and O–H groups in total. The van der Waals surface area contributed by atoms with Crippen LogP contribution in [0.3, 0.4) is 0 Å². The Morgan fingerprint density at radius 3 is 2.79 bits per heavy atom. The number of benzene rings is 1. The highest BCUT2D eigenvalue weighted by Crippen LogP contribution is 2.40. The normalized spacial score (nSPS) is 26.7. The molecule has 1 spiro atoms. The van der Waals surface area contributed by atoms with Gasteiger partial charge in [-0.1, -0.05) is 23.1 Å². The number of hydrogen-bond acceptors (Lipinski definition) is 6. The molecule has 2 amide bonds. The maximum absolute atomic E-state index is 13.7. The quantitative estimate of drug-likeness (QED) is 0.656. The number of carbonyl (C=O) groups excluding carboxylic acids is 1. The first-order valence-corrected chi connectivity index (χ1v) is 13.1. The molecule has 34 heavy (non-hydrogen) atoms. The van der Waals surface area contributed by atoms with E-state index in [1.54, 1.807) is 41.6 Å². The lowest BCUT2D eigenvalue weighted by atomic mass is 9.87. The van der Waals surface area contributed by atoms with Crippen molar-refractivity contribution in [2.45, 2.75) is 55.0 Å². The minimum Gasteiger partial charge on any atom is -0.593 e. The Morgan fingerprint density at radius 2 is 2.06 bits per heavy atom. The second-order valence-electron chi connectivity index (χ2n) is 9.05. The van der Waals surface area contributed by atoms with E-state index in [1.165, 1.54) is 17.5 Å². The van der Waals surface area contributed by atoms with Gasteiger partial charge in [-0.25, -0.2) is 4.79 Å². The maximum Gasteiger partial charge on any atom is 0.328 e. The van der Waals surface area contributed by atoms with E-state index >= 15 is 0 Å². The third kappa shape index (κ3) is 3.99. The van der Waals surface area contributed by atoms with Gasteiger partial charge in [0.1, 0.15) is 17.1 Å². The van der Waals surface area contributed by atoms with Gasteiger partial charge in [0.2, 0.25) is 0 Å². The number of rotatable bonds is 5. The number of nitrogens with zero attached hydrogens (tertiary/aromatic N) is 4. The number of amides is 2. The van der Waals surface area contributed by atoms with E-state index in [0.29, 0.717) is 36.7 Å². The zero-order valence-electron chi connectivity index (χ0n) is 19.2. The van der Waals surface area contributed by atoms with Gasteiger partial charge in [-0.15, -0.1) is 4.31 Å². The van der Waals surface area contributed by atoms with Gasteiger partial charge in [0.25, 0.3) is 0 Å². The summed E-state index contributed by atoms with van der Waals surface area (Å²) in [5, 5.41) is 2.99. The number of nitrogens with one attached hydrogen (secondary N) is 1. The molecule has 2 aliphatic heterocycles. The Labute approximate surface area is 200 Å². The molecule has 180 valence electrons. The standard InChI is InChI=1S/C24H29N5O4S/c1-33-20-10-4-11-21(15-20)34(31,32)28-14-6-12-24(17-28)22(26-18-7-2-3-8-18)27-23(30)29(24)19-9-5-13-25-16-19/h4-5,9-11,13,15-16,18H,2-3,6-8,12,14,17H2,1H3,(H-,26,27,30,31,32). The first kappa shape index (κ1) is 22.9. The summed E-state index contributed by atoms with van der Waals surface area (Å²) in [6, 6.07) is 9.92. The molecule has 0 radical (unpaired) electrons. The van der Waals surface area contributed by atoms with Crippen LogP contribution in [0.4, 0.5) is 10.5 Å². The fourth-order valence-corrected chi connectivity index (χ4v) is 6.85. The number of sulfonamides is 1. The van der Waals surface area contributed by atoms with E-state index in [2.05, 4.69) is 10.3 Å². The van der Waals surface area contributed by atoms with Crippen molar-refractivity contribution in [3.8, 4) is 5.75 Å². The second-order valence-corrected chi connectivity index (χ2v) is 11.0. The summed E-state index contributed by atoms with van der Waals surface area (Å²) in [6.45, 7) is 0.485. The molecule has 3 fully saturated rings. The summed E-state index contributed by atoms with van der Waals surface area (Å²) in [7, 11) is -2.31. The maximum atomic E-state index is 13.7. The number of anilines is 1. The second kappa shape index (κ2) is 9.09. The number of carbonyl (C=O) groups is 1. The topological polar surface area (TPSA) is 110 Å². The molecule has 3 heterocycles. The van der Waals surface area contributed by atoms with Gasteiger partial charge < -0.3 is 9.29 Å². The van der Waals surface area contributed by atoms with E-state index in [1.807, 2.05) is 6.07 Å². The van der Waals surface area contributed by atoms with Gasteiger partial charge >= 0.3 is 6.03 Å². The molecule has 1 saturated carbocycles. The number of piperidine rings is 1. The Balaban J connectivity index is 1.56. The molecule has 2 atom stereocenters. The van der Waals surface area contributed by atoms with Crippen molar-refractivity contribution in [1.82, 2.24) is 14.6 Å². The van der Waals surface area contributed by atoms with E-state index in [-0.39, 0.29) is 23.5 Å². The van der Waals surface area contributed by atoms with Gasteiger partial charge in [-0.3, -0.25) is 20.2 Å². The van der Waals surface area contributed by atoms with Crippen LogP contribution in [0.25, 0.3) is 0 Å². The first-order chi connectivity index (χ1) is 16.4. The molecule has 9 nitrogen and oxygen atoms in total. The van der Waals surface area contributed by atoms with Crippen LogP contribution in [0.15, 0.2) is 58.7 Å². The summed E-state index contributed by atoms with van der Waals surface area (Å²) in [5.74, 6) is 1.05. The summed E-state index contributed by atoms with van der Waals surface area (Å²) in [6.07, 6.45) is 8.68. The lowest BCUT2D eigenvalue weighted by Gasteiger charge is -2.44. The van der Waals surface area contributed by atoms with Gasteiger partial charge in [0, 0.05) is 18.8 Å². The molecule has 2 saturated heterocycles. The SMILES string of the molecule is COc1cccc([S+](=O)([O-])N2CCCC3(C2)C(=NC2CCCC2)NC(=O)N3c2cccnc2)c1. The van der Waals surface area contributed by atoms with Crippen LogP contribution in [-0.2, 0) is 14.6 Å². The zero-order valence-corrected chi connectivity index (χ0v) is 20.0. The van der Waals surface area contributed by atoms with E-state index < -0.39 is 15.9 Å². The number of pyridine rings is 1. The lowest BCUT2D eigenvalue weighted by Crippen LogP contribution is -2.62. The van der Waals surface area contributed by atoms with Crippen LogP contribution in [-0.4, -0.2) is 57.5 Å². The Kier molecular flexibility index (Phi) is 6.13. The molecule has 3 aliphatic rings. The van der Waals surface area contributed by atoms with Crippen molar-refractivity contribution in [3.05, 3.63) is 48.8 Å². The molecule has 2 aromatic rings. The van der Waals surface area contributed by atoms with Crippen LogP contribution in [0.5, 0.6) is 5.75 Å². The molecule has 1 aliphatic carbocycles. The lowest BCUT2D eigenvalue weighted by molar-refractivity contribution is 0.236. The van der Waals surface area contributed by atoms with Crippen molar-refractivity contribution in [2.24, 2.45) is 4.99 Å². The van der Waals surface area contributed by atoms with Gasteiger partial charge in [-0.05, 0) is 49.9 Å². The van der Waals surface area contributed by atoms with Crippen LogP contribution in [0.2, 0.25) is 0 Å². The highest BCUT2D eigenvalue weighted by Gasteiger charge is 2.56. The van der Waals surface area contributed by atoms with Crippen molar-refractivity contribution in [2.75, 3.05) is 25.1 Å². The molecular weight excluding hydrogens is 454 g/mol. The number of aromatic nitrogens is 1. The minimum absolute atomic E-state index is 0.117. The average molecular weight is 484 g/mol. The van der Waals surface area contributed by atoms with Crippen molar-refractivity contribution in [3.63, 3.8) is 0 Å². The van der Waals surface area contributed by atoms with Gasteiger partial charge in [0.15, 0.2) is 15.3 Å². The molecule has 10 heteroatoms. The van der Waals surface area contributed by atoms with E-state index in [9.17, 15) is 13.6 Å². The highest BCUT2D eigenvalue weighted by atomic mass is 32.3. The van der Waals surface area contributed by atoms with Crippen LogP contribution >= 0.6 is 0 Å². The van der Waals surface area contributed by atoms with Crippen LogP contribution in [0.1, 0.15) is 38.5 Å². The number of aliphatic imine (C=N–C) groups is 1. The zero-order chi connectivity index (χ0) is 23.8. The molecule has 1 aromatic heterocycles. The molecule has 5 rings (SSSR count). The largest absolute Gasteiger partial charge is 0.593 e. The molecule has 0 bridgehead atoms. The van der Waals surface area contributed by atoms with Gasteiger partial charge in [-0.2, -0.15) is 0 Å². The first-order valence-electron chi connectivity index (χ1n) is 11.7. The van der Waals surface area contributed by atoms with E-state index in [0.717, 1.165) is 25.7 Å². The fraction of sp³-hybridized carbons (Fsp3) is 0.458. The average Bonchev–Trinajstić information content (AvgIpc) is 3.46. The third-order valence-electron chi connectivity index (χ3n) is 6.95. The minimum atomic E-state index is -3.81. The monoisotopic (exact) mass is 483 g/mol. The summed E-state index contributed by atoms with van der Waals surface area (Å²) in [5.41, 5.74) is -0.287. The summed E-state index contributed by atoms with van der Waals surface area (Å²) >= 11 is 0. The Bertz CT molecular complexity index is 1140. The predicted octanol–water partition coefficient (Wildman–Crippen LogP) is 3.40. The summed E-state index contributed by atoms with van der Waals surface area (Å²) in [4.78, 5) is 24.3. The number of methoxy groups -OCH3 is 1. The molecular formula is C24H29N5O4S. The van der Waals surface area contributed by atoms with Crippen molar-refractivity contribution < 1.29 is 18.3 Å². The van der Waals surface area contributed by atoms with Crippen LogP contribution in [0, 0.1) is 0 Å². The molecule has 2 unspecified atom stereocenters. The number of urea groups is 1. The number of amidine groups is 1. The number of hydrogen-bond donors (Lipinski definition) is 1. The fourth-order valence-electron chi connectivity index (χ4n) is 5.28. The van der Waals surface area contributed by atoms with Gasteiger partial charge in [0.05, 0.1) is 31.6 Å². The third-order valence-corrected chi connectivity index (χ3v) is 8.79. The summed E-state index contributed by atoms with van der Waals surface area (Å²) < 4.78 is 34.0. The Morgan fingerprint density at radius 1 is 1.24 bits per heavy atom. The molecule has 1 aromatic carbocycles. The predicted molar refractivity (Wildman–Crippen MR) is 129 cm³/mol. The number of ether oxygens (including phenoxy) is 1. The van der Waals surface area contributed by atoms with Crippen LogP contribution < -0.4 is 15.0 Å². The highest BCUT2D eigenvalue weighted by molar-refractivity contribution is 7.95. The van der Waals surface area contributed by atoms with E-state index in [4.69, 9.17) is 9.73 Å². The Hall–Kier alpha value is -2.82. The van der Waals surface area contributed by atoms with Crippen molar-refractivity contribution >= 4 is 28.0 Å². The van der Waals surface area contributed by atoms with Crippen molar-refractivity contribution in [1.29, 1.82) is 0 Å².